The summed E-state index contributed by atoms with van der Waals surface area (Å²) in [7, 11) is 0. The lowest BCUT2D eigenvalue weighted by Gasteiger charge is -2.42. The number of nitrogens with zero attached hydrogens (tertiary/aromatic N) is 1. The Bertz CT molecular complexity index is 908. The lowest BCUT2D eigenvalue weighted by atomic mass is 9.70. The Hall–Kier alpha value is -2.86. The molecule has 28 heavy (non-hydrogen) atoms. The van der Waals surface area contributed by atoms with Crippen LogP contribution in [-0.4, -0.2) is 38.5 Å². The van der Waals surface area contributed by atoms with Crippen LogP contribution in [0.1, 0.15) is 29.7 Å². The summed E-state index contributed by atoms with van der Waals surface area (Å²) in [5.74, 6) is -0.368. The van der Waals surface area contributed by atoms with E-state index in [1.165, 1.54) is 0 Å². The monoisotopic (exact) mass is 378 g/mol. The molecule has 1 saturated heterocycles. The summed E-state index contributed by atoms with van der Waals surface area (Å²) >= 11 is 0. The molecule has 1 fully saturated rings. The first-order valence-electron chi connectivity index (χ1n) is 9.51. The molecule has 4 rings (SSSR count). The highest BCUT2D eigenvalue weighted by Gasteiger charge is 2.44. The second-order valence-electron chi connectivity index (χ2n) is 7.70. The topological polar surface area (TPSA) is 84.7 Å². The number of nitrogens with two attached hydrogens (primary N) is 1. The number of benzene rings is 2. The Balaban J connectivity index is 1.72. The molecule has 0 spiro atoms. The number of carbonyl (C=O) groups is 1. The third-order valence-corrected chi connectivity index (χ3v) is 5.86. The molecule has 1 amide bonds. The molecular weight excluding hydrogens is 354 g/mol. The molecular formula is C22H24N3O3. The second-order valence-corrected chi connectivity index (χ2v) is 7.70. The average molecular weight is 378 g/mol. The second kappa shape index (κ2) is 7.28. The van der Waals surface area contributed by atoms with Crippen molar-refractivity contribution in [3.8, 4) is 0 Å². The van der Waals surface area contributed by atoms with E-state index in [1.807, 2.05) is 31.4 Å². The number of carbonyl (C=O) groups excluding carboxylic acids is 2. The molecule has 0 saturated carbocycles. The van der Waals surface area contributed by atoms with Crippen molar-refractivity contribution in [2.45, 2.75) is 19.4 Å². The Morgan fingerprint density at radius 2 is 2.04 bits per heavy atom. The Morgan fingerprint density at radius 1 is 1.25 bits per heavy atom. The number of nitrogens with one attached hydrogen (secondary N) is 1. The normalized spacial score (nSPS) is 24.2. The van der Waals surface area contributed by atoms with Gasteiger partial charge in [0, 0.05) is 30.0 Å². The van der Waals surface area contributed by atoms with Crippen LogP contribution < -0.4 is 16.0 Å². The first-order chi connectivity index (χ1) is 13.5. The summed E-state index contributed by atoms with van der Waals surface area (Å²) in [6, 6.07) is 13.4. The lowest BCUT2D eigenvalue weighted by molar-refractivity contribution is -0.127. The van der Waals surface area contributed by atoms with Gasteiger partial charge in [0.05, 0.1) is 24.7 Å². The molecule has 2 heterocycles. The van der Waals surface area contributed by atoms with Crippen LogP contribution in [0.15, 0.2) is 42.5 Å². The number of amides is 1. The fourth-order valence-electron chi connectivity index (χ4n) is 4.16. The Labute approximate surface area is 164 Å². The van der Waals surface area contributed by atoms with Gasteiger partial charge in [-0.1, -0.05) is 12.1 Å². The number of morpholine rings is 1. The van der Waals surface area contributed by atoms with Crippen molar-refractivity contribution in [1.82, 2.24) is 0 Å². The van der Waals surface area contributed by atoms with E-state index in [2.05, 4.69) is 22.3 Å². The molecule has 2 aliphatic heterocycles. The van der Waals surface area contributed by atoms with Crippen molar-refractivity contribution in [3.63, 3.8) is 0 Å². The van der Waals surface area contributed by atoms with Crippen LogP contribution in [0.5, 0.6) is 0 Å². The number of primary amides is 1. The van der Waals surface area contributed by atoms with Gasteiger partial charge in [0.2, 0.25) is 12.2 Å². The van der Waals surface area contributed by atoms with Gasteiger partial charge in [0.1, 0.15) is 0 Å². The van der Waals surface area contributed by atoms with Gasteiger partial charge in [-0.05, 0) is 54.8 Å². The summed E-state index contributed by atoms with van der Waals surface area (Å²) < 4.78 is 5.45. The SMILES string of the molecule is CC1(C(N)=O)Cc2cc([C]=O)ccc2NC1c1cccc(N2CCOCC2)c1. The Kier molecular flexibility index (Phi) is 4.81. The van der Waals surface area contributed by atoms with Crippen LogP contribution in [0.2, 0.25) is 0 Å². The maximum Gasteiger partial charge on any atom is 0.233 e. The molecule has 0 aromatic heterocycles. The number of ether oxygens (including phenoxy) is 1. The number of fused-ring (bicyclic) bond motifs is 1. The zero-order chi connectivity index (χ0) is 19.7. The highest BCUT2D eigenvalue weighted by atomic mass is 16.5. The predicted molar refractivity (Wildman–Crippen MR) is 108 cm³/mol. The molecule has 3 N–H and O–H groups in total. The molecule has 1 radical (unpaired) electrons. The van der Waals surface area contributed by atoms with Crippen LogP contribution in [0, 0.1) is 5.41 Å². The van der Waals surface area contributed by atoms with E-state index in [1.54, 1.807) is 12.1 Å². The zero-order valence-electron chi connectivity index (χ0n) is 15.9. The largest absolute Gasteiger partial charge is 0.378 e. The van der Waals surface area contributed by atoms with Crippen LogP contribution in [0.4, 0.5) is 11.4 Å². The van der Waals surface area contributed by atoms with Gasteiger partial charge in [-0.25, -0.2) is 0 Å². The smallest absolute Gasteiger partial charge is 0.233 e. The van der Waals surface area contributed by atoms with E-state index in [4.69, 9.17) is 10.5 Å². The van der Waals surface area contributed by atoms with E-state index >= 15 is 0 Å². The highest BCUT2D eigenvalue weighted by Crippen LogP contribution is 2.45. The number of anilines is 2. The maximum absolute atomic E-state index is 12.5. The van der Waals surface area contributed by atoms with Crippen LogP contribution in [-0.2, 0) is 20.7 Å². The molecule has 6 heteroatoms. The average Bonchev–Trinajstić information content (AvgIpc) is 2.73. The van der Waals surface area contributed by atoms with Gasteiger partial charge in [-0.2, -0.15) is 0 Å². The third-order valence-electron chi connectivity index (χ3n) is 5.86. The van der Waals surface area contributed by atoms with Crippen LogP contribution in [0.25, 0.3) is 0 Å². The summed E-state index contributed by atoms with van der Waals surface area (Å²) in [4.78, 5) is 25.8. The van der Waals surface area contributed by atoms with Crippen molar-refractivity contribution >= 4 is 23.6 Å². The maximum atomic E-state index is 12.5. The standard InChI is InChI=1S/C22H24N3O3/c1-22(21(23)27)13-17-11-15(14-26)5-6-19(17)24-20(22)16-3-2-4-18(12-16)25-7-9-28-10-8-25/h2-6,11-12,20,24H,7-10,13H2,1H3,(H2,23,27). The summed E-state index contributed by atoms with van der Waals surface area (Å²) in [6.45, 7) is 5.02. The minimum absolute atomic E-state index is 0.260. The van der Waals surface area contributed by atoms with Crippen molar-refractivity contribution in [2.24, 2.45) is 11.1 Å². The molecule has 145 valence electrons. The molecule has 0 aliphatic carbocycles. The van der Waals surface area contributed by atoms with E-state index in [0.717, 1.165) is 35.6 Å². The lowest BCUT2D eigenvalue weighted by Crippen LogP contribution is -2.47. The molecule has 0 bridgehead atoms. The van der Waals surface area contributed by atoms with Gasteiger partial charge >= 0.3 is 0 Å². The van der Waals surface area contributed by atoms with Gasteiger partial charge < -0.3 is 20.7 Å². The summed E-state index contributed by atoms with van der Waals surface area (Å²) in [5.41, 5.74) is 9.46. The summed E-state index contributed by atoms with van der Waals surface area (Å²) in [6.07, 6.45) is 2.38. The third kappa shape index (κ3) is 3.24. The van der Waals surface area contributed by atoms with Crippen molar-refractivity contribution in [2.75, 3.05) is 36.5 Å². The quantitative estimate of drug-likeness (QED) is 0.852. The minimum Gasteiger partial charge on any atom is -0.378 e. The zero-order valence-corrected chi connectivity index (χ0v) is 15.9. The number of hydrogen-bond acceptors (Lipinski definition) is 5. The first kappa shape index (κ1) is 18.5. The van der Waals surface area contributed by atoms with Crippen molar-refractivity contribution in [3.05, 3.63) is 59.2 Å². The van der Waals surface area contributed by atoms with Crippen molar-refractivity contribution in [1.29, 1.82) is 0 Å². The molecule has 2 aromatic carbocycles. The predicted octanol–water partition coefficient (Wildman–Crippen LogP) is 2.18. The fourth-order valence-corrected chi connectivity index (χ4v) is 4.16. The molecule has 2 unspecified atom stereocenters. The minimum atomic E-state index is -0.821. The van der Waals surface area contributed by atoms with Gasteiger partial charge in [-0.3, -0.25) is 9.59 Å². The van der Waals surface area contributed by atoms with Crippen LogP contribution >= 0.6 is 0 Å². The van der Waals surface area contributed by atoms with E-state index in [0.29, 0.717) is 25.2 Å². The molecule has 2 atom stereocenters. The fraction of sp³-hybridized carbons (Fsp3) is 0.364. The van der Waals surface area contributed by atoms with Gasteiger partial charge in [-0.15, -0.1) is 0 Å². The molecule has 2 aromatic rings. The number of hydrogen-bond donors (Lipinski definition) is 2. The van der Waals surface area contributed by atoms with E-state index < -0.39 is 5.41 Å². The van der Waals surface area contributed by atoms with Gasteiger partial charge in [0.25, 0.3) is 0 Å². The number of rotatable bonds is 4. The molecule has 6 nitrogen and oxygen atoms in total. The summed E-state index contributed by atoms with van der Waals surface area (Å²) in [5, 5.41) is 3.49. The van der Waals surface area contributed by atoms with E-state index in [9.17, 15) is 9.59 Å². The first-order valence-corrected chi connectivity index (χ1v) is 9.51. The van der Waals surface area contributed by atoms with Crippen LogP contribution in [0.3, 0.4) is 0 Å². The highest BCUT2D eigenvalue weighted by molar-refractivity contribution is 5.85. The van der Waals surface area contributed by atoms with E-state index in [-0.39, 0.29) is 11.9 Å². The van der Waals surface area contributed by atoms with Crippen molar-refractivity contribution < 1.29 is 14.3 Å². The Morgan fingerprint density at radius 3 is 2.75 bits per heavy atom. The molecule has 2 aliphatic rings. The van der Waals surface area contributed by atoms with Gasteiger partial charge in [0.15, 0.2) is 0 Å².